The Kier molecular flexibility index (Phi) is 5.76. The van der Waals surface area contributed by atoms with E-state index in [1.54, 1.807) is 20.2 Å². The number of fused-ring (bicyclic) bond motifs is 1. The fourth-order valence-electron chi connectivity index (χ4n) is 2.29. The lowest BCUT2D eigenvalue weighted by Gasteiger charge is -2.15. The van der Waals surface area contributed by atoms with Crippen LogP contribution in [0.1, 0.15) is 17.3 Å². The standard InChI is InChI=1S/C17H23N3O3/c1-5-23-17(21)14-11-19-15-7-6-12(22-4)10-13(15)16(14)18-8-9-20(2)3/h6-7,10-11H,5,8-9H2,1-4H3,(H,18,19)/p+1. The molecule has 1 aromatic carbocycles. The summed E-state index contributed by atoms with van der Waals surface area (Å²) in [4.78, 5) is 17.9. The summed E-state index contributed by atoms with van der Waals surface area (Å²) in [5.41, 5.74) is 1.99. The Bertz CT molecular complexity index is 686. The van der Waals surface area contributed by atoms with E-state index in [2.05, 4.69) is 24.4 Å². The molecule has 23 heavy (non-hydrogen) atoms. The molecule has 2 aromatic rings. The zero-order chi connectivity index (χ0) is 16.8. The van der Waals surface area contributed by atoms with Gasteiger partial charge < -0.3 is 19.7 Å². The van der Waals surface area contributed by atoms with Gasteiger partial charge >= 0.3 is 5.97 Å². The van der Waals surface area contributed by atoms with Crippen LogP contribution in [0, 0.1) is 0 Å². The normalized spacial score (nSPS) is 10.8. The average molecular weight is 318 g/mol. The first-order valence-corrected chi connectivity index (χ1v) is 7.73. The van der Waals surface area contributed by atoms with E-state index in [-0.39, 0.29) is 5.97 Å². The third kappa shape index (κ3) is 4.10. The highest BCUT2D eigenvalue weighted by Crippen LogP contribution is 2.29. The van der Waals surface area contributed by atoms with Gasteiger partial charge in [-0.2, -0.15) is 0 Å². The van der Waals surface area contributed by atoms with E-state index >= 15 is 0 Å². The second-order valence-electron chi connectivity index (χ2n) is 5.53. The number of benzene rings is 1. The summed E-state index contributed by atoms with van der Waals surface area (Å²) >= 11 is 0. The number of esters is 1. The first kappa shape index (κ1) is 17.0. The Morgan fingerprint density at radius 1 is 1.35 bits per heavy atom. The Morgan fingerprint density at radius 3 is 2.78 bits per heavy atom. The molecule has 1 aromatic heterocycles. The van der Waals surface area contributed by atoms with Crippen molar-refractivity contribution in [3.8, 4) is 5.75 Å². The number of hydrogen-bond acceptors (Lipinski definition) is 5. The smallest absolute Gasteiger partial charge is 0.341 e. The maximum Gasteiger partial charge on any atom is 0.341 e. The average Bonchev–Trinajstić information content (AvgIpc) is 2.54. The van der Waals surface area contributed by atoms with Crippen LogP contribution in [0.3, 0.4) is 0 Å². The van der Waals surface area contributed by atoms with Crippen molar-refractivity contribution >= 4 is 22.6 Å². The molecule has 0 aliphatic rings. The molecule has 2 N–H and O–H groups in total. The van der Waals surface area contributed by atoms with Crippen LogP contribution in [-0.4, -0.2) is 51.9 Å². The maximum atomic E-state index is 12.2. The monoisotopic (exact) mass is 318 g/mol. The van der Waals surface area contributed by atoms with Crippen LogP contribution in [0.15, 0.2) is 24.4 Å². The van der Waals surface area contributed by atoms with Crippen molar-refractivity contribution in [3.63, 3.8) is 0 Å². The summed E-state index contributed by atoms with van der Waals surface area (Å²) in [6.45, 7) is 3.79. The van der Waals surface area contributed by atoms with Gasteiger partial charge in [-0.3, -0.25) is 4.98 Å². The summed E-state index contributed by atoms with van der Waals surface area (Å²) in [6, 6.07) is 5.62. The number of carbonyl (C=O) groups is 1. The SMILES string of the molecule is CCOC(=O)c1cnc2ccc(OC)cc2c1NCC[NH+](C)C. The molecule has 0 saturated carbocycles. The molecule has 0 radical (unpaired) electrons. The largest absolute Gasteiger partial charge is 0.497 e. The fourth-order valence-corrected chi connectivity index (χ4v) is 2.29. The first-order valence-electron chi connectivity index (χ1n) is 7.73. The maximum absolute atomic E-state index is 12.2. The highest BCUT2D eigenvalue weighted by molar-refractivity contribution is 6.05. The van der Waals surface area contributed by atoms with E-state index in [9.17, 15) is 4.79 Å². The number of rotatable bonds is 7. The molecule has 0 aliphatic carbocycles. The second-order valence-corrected chi connectivity index (χ2v) is 5.53. The number of anilines is 1. The van der Waals surface area contributed by atoms with Gasteiger partial charge in [-0.15, -0.1) is 0 Å². The molecule has 124 valence electrons. The van der Waals surface area contributed by atoms with Gasteiger partial charge in [0.15, 0.2) is 0 Å². The molecule has 0 bridgehead atoms. The molecule has 0 saturated heterocycles. The van der Waals surface area contributed by atoms with Crippen molar-refractivity contribution in [2.45, 2.75) is 6.92 Å². The van der Waals surface area contributed by atoms with Gasteiger partial charge in [-0.1, -0.05) is 0 Å². The van der Waals surface area contributed by atoms with E-state index in [1.807, 2.05) is 18.2 Å². The van der Waals surface area contributed by atoms with Crippen LogP contribution >= 0.6 is 0 Å². The van der Waals surface area contributed by atoms with Crippen LogP contribution in [0.25, 0.3) is 10.9 Å². The minimum absolute atomic E-state index is 0.330. The quantitative estimate of drug-likeness (QED) is 0.745. The molecule has 6 nitrogen and oxygen atoms in total. The highest BCUT2D eigenvalue weighted by Gasteiger charge is 2.17. The van der Waals surface area contributed by atoms with Crippen LogP contribution in [0.5, 0.6) is 5.75 Å². The van der Waals surface area contributed by atoms with Gasteiger partial charge in [0.05, 0.1) is 52.1 Å². The molecule has 0 unspecified atom stereocenters. The minimum atomic E-state index is -0.371. The van der Waals surface area contributed by atoms with Crippen molar-refractivity contribution < 1.29 is 19.2 Å². The lowest BCUT2D eigenvalue weighted by Crippen LogP contribution is -3.06. The third-order valence-electron chi connectivity index (χ3n) is 3.50. The number of nitrogens with zero attached hydrogens (tertiary/aromatic N) is 1. The van der Waals surface area contributed by atoms with Crippen LogP contribution in [0.2, 0.25) is 0 Å². The summed E-state index contributed by atoms with van der Waals surface area (Å²) in [5.74, 6) is 0.353. The number of pyridine rings is 1. The zero-order valence-electron chi connectivity index (χ0n) is 14.1. The number of aromatic nitrogens is 1. The van der Waals surface area contributed by atoms with E-state index in [0.717, 1.165) is 35.4 Å². The van der Waals surface area contributed by atoms with Gasteiger partial charge in [0.1, 0.15) is 11.3 Å². The Morgan fingerprint density at radius 2 is 2.13 bits per heavy atom. The molecule has 2 rings (SSSR count). The highest BCUT2D eigenvalue weighted by atomic mass is 16.5. The molecule has 0 fully saturated rings. The number of likely N-dealkylation sites (N-methyl/N-ethyl adjacent to an activating group) is 1. The zero-order valence-corrected chi connectivity index (χ0v) is 14.1. The number of ether oxygens (including phenoxy) is 2. The molecule has 0 aliphatic heterocycles. The van der Waals surface area contributed by atoms with Crippen molar-refractivity contribution in [1.29, 1.82) is 0 Å². The Labute approximate surface area is 136 Å². The third-order valence-corrected chi connectivity index (χ3v) is 3.50. The number of methoxy groups -OCH3 is 1. The van der Waals surface area contributed by atoms with E-state index in [0.29, 0.717) is 12.2 Å². The van der Waals surface area contributed by atoms with Crippen molar-refractivity contribution in [1.82, 2.24) is 4.98 Å². The first-order chi connectivity index (χ1) is 11.1. The van der Waals surface area contributed by atoms with Crippen molar-refractivity contribution in [3.05, 3.63) is 30.0 Å². The lowest BCUT2D eigenvalue weighted by atomic mass is 10.1. The molecule has 0 spiro atoms. The molecular formula is C17H24N3O3+. The summed E-state index contributed by atoms with van der Waals surface area (Å²) in [7, 11) is 5.79. The number of carbonyl (C=O) groups excluding carboxylic acids is 1. The Hall–Kier alpha value is -2.34. The topological polar surface area (TPSA) is 64.9 Å². The van der Waals surface area contributed by atoms with Gasteiger partial charge in [-0.05, 0) is 25.1 Å². The number of quaternary nitrogens is 1. The van der Waals surface area contributed by atoms with Gasteiger partial charge in [0, 0.05) is 11.6 Å². The molecule has 0 atom stereocenters. The molecule has 1 heterocycles. The van der Waals surface area contributed by atoms with E-state index in [4.69, 9.17) is 9.47 Å². The molecular weight excluding hydrogens is 294 g/mol. The summed E-state index contributed by atoms with van der Waals surface area (Å²) in [5, 5.41) is 4.21. The number of hydrogen-bond donors (Lipinski definition) is 2. The molecule has 0 amide bonds. The predicted molar refractivity (Wildman–Crippen MR) is 90.4 cm³/mol. The second kappa shape index (κ2) is 7.78. The summed E-state index contributed by atoms with van der Waals surface area (Å²) in [6.07, 6.45) is 1.57. The number of nitrogens with one attached hydrogen (secondary N) is 2. The van der Waals surface area contributed by atoms with Gasteiger partial charge in [-0.25, -0.2) is 4.79 Å². The minimum Gasteiger partial charge on any atom is -0.497 e. The summed E-state index contributed by atoms with van der Waals surface area (Å²) < 4.78 is 10.4. The van der Waals surface area contributed by atoms with Crippen LogP contribution in [-0.2, 0) is 4.74 Å². The van der Waals surface area contributed by atoms with Gasteiger partial charge in [0.25, 0.3) is 0 Å². The van der Waals surface area contributed by atoms with Crippen molar-refractivity contribution in [2.75, 3.05) is 46.2 Å². The van der Waals surface area contributed by atoms with Crippen LogP contribution < -0.4 is 15.0 Å². The fraction of sp³-hybridized carbons (Fsp3) is 0.412. The van der Waals surface area contributed by atoms with Gasteiger partial charge in [0.2, 0.25) is 0 Å². The Balaban J connectivity index is 2.48. The van der Waals surface area contributed by atoms with E-state index < -0.39 is 0 Å². The van der Waals surface area contributed by atoms with Crippen molar-refractivity contribution in [2.24, 2.45) is 0 Å². The predicted octanol–water partition coefficient (Wildman–Crippen LogP) is 0.977. The molecule has 6 heteroatoms. The van der Waals surface area contributed by atoms with E-state index in [1.165, 1.54) is 4.90 Å². The lowest BCUT2D eigenvalue weighted by molar-refractivity contribution is -0.856. The van der Waals surface area contributed by atoms with Crippen LogP contribution in [0.4, 0.5) is 5.69 Å².